The maximum absolute atomic E-state index is 13.0. The highest BCUT2D eigenvalue weighted by molar-refractivity contribution is 7.89. The van der Waals surface area contributed by atoms with Crippen molar-refractivity contribution in [3.63, 3.8) is 0 Å². The zero-order valence-electron chi connectivity index (χ0n) is 17.7. The van der Waals surface area contributed by atoms with Crippen molar-refractivity contribution in [3.8, 4) is 0 Å². The summed E-state index contributed by atoms with van der Waals surface area (Å²) < 4.78 is 32.8. The Hall–Kier alpha value is -3.16. The van der Waals surface area contributed by atoms with E-state index >= 15 is 0 Å². The number of hydrogen-bond donors (Lipinski definition) is 1. The molecular weight excluding hydrogens is 424 g/mol. The third-order valence-electron chi connectivity index (χ3n) is 5.64. The number of carbonyl (C=O) groups is 1. The lowest BCUT2D eigenvalue weighted by Gasteiger charge is -2.31. The molecule has 6 nitrogen and oxygen atoms in total. The highest BCUT2D eigenvalue weighted by Crippen LogP contribution is 2.26. The van der Waals surface area contributed by atoms with Gasteiger partial charge in [-0.2, -0.15) is 4.31 Å². The molecule has 0 aliphatic carbocycles. The van der Waals surface area contributed by atoms with Crippen LogP contribution in [-0.4, -0.2) is 31.7 Å². The summed E-state index contributed by atoms with van der Waals surface area (Å²) in [5.41, 5.74) is 1.82. The van der Waals surface area contributed by atoms with E-state index in [0.29, 0.717) is 30.5 Å². The Morgan fingerprint density at radius 3 is 2.38 bits per heavy atom. The van der Waals surface area contributed by atoms with Gasteiger partial charge in [0.2, 0.25) is 15.9 Å². The van der Waals surface area contributed by atoms with Crippen molar-refractivity contribution in [2.45, 2.75) is 24.2 Å². The average Bonchev–Trinajstić information content (AvgIpc) is 3.33. The summed E-state index contributed by atoms with van der Waals surface area (Å²) >= 11 is 0. The minimum atomic E-state index is -3.55. The van der Waals surface area contributed by atoms with Gasteiger partial charge in [-0.3, -0.25) is 4.79 Å². The van der Waals surface area contributed by atoms with Crippen LogP contribution in [0.2, 0.25) is 0 Å². The fraction of sp³-hybridized carbons (Fsp3) is 0.240. The van der Waals surface area contributed by atoms with E-state index in [1.807, 2.05) is 18.2 Å². The van der Waals surface area contributed by atoms with Gasteiger partial charge in [-0.15, -0.1) is 0 Å². The van der Waals surface area contributed by atoms with Crippen LogP contribution in [0.1, 0.15) is 24.2 Å². The maximum atomic E-state index is 13.0. The first-order chi connectivity index (χ1) is 15.5. The van der Waals surface area contributed by atoms with Crippen LogP contribution < -0.4 is 5.32 Å². The monoisotopic (exact) mass is 450 g/mol. The predicted molar refractivity (Wildman–Crippen MR) is 124 cm³/mol. The molecule has 1 N–H and O–H groups in total. The maximum Gasteiger partial charge on any atom is 0.248 e. The fourth-order valence-electron chi connectivity index (χ4n) is 3.89. The molecule has 2 aromatic carbocycles. The highest BCUT2D eigenvalue weighted by atomic mass is 32.2. The number of nitrogens with zero attached hydrogens (tertiary/aromatic N) is 1. The first kappa shape index (κ1) is 22.0. The summed E-state index contributed by atoms with van der Waals surface area (Å²) in [5.74, 6) is 0.752. The van der Waals surface area contributed by atoms with Crippen LogP contribution in [0, 0.1) is 5.92 Å². The van der Waals surface area contributed by atoms with Crippen molar-refractivity contribution in [3.05, 3.63) is 90.4 Å². The molecule has 166 valence electrons. The molecule has 2 heterocycles. The van der Waals surface area contributed by atoms with Gasteiger partial charge in [0, 0.05) is 24.9 Å². The quantitative estimate of drug-likeness (QED) is 0.535. The first-order valence-electron chi connectivity index (χ1n) is 10.7. The smallest absolute Gasteiger partial charge is 0.248 e. The predicted octanol–water partition coefficient (Wildman–Crippen LogP) is 4.57. The minimum absolute atomic E-state index is 0.239. The second-order valence-electron chi connectivity index (χ2n) is 7.90. The van der Waals surface area contributed by atoms with E-state index in [0.717, 1.165) is 19.3 Å². The molecule has 1 saturated heterocycles. The highest BCUT2D eigenvalue weighted by Gasteiger charge is 2.29. The molecule has 0 radical (unpaired) electrons. The number of anilines is 1. The summed E-state index contributed by atoms with van der Waals surface area (Å²) in [5, 5.41) is 2.72. The topological polar surface area (TPSA) is 79.6 Å². The van der Waals surface area contributed by atoms with Crippen molar-refractivity contribution in [2.75, 3.05) is 18.4 Å². The van der Waals surface area contributed by atoms with Crippen molar-refractivity contribution in [1.29, 1.82) is 0 Å². The Morgan fingerprint density at radius 1 is 1.00 bits per heavy atom. The normalized spacial score (nSPS) is 15.8. The molecule has 1 aromatic heterocycles. The van der Waals surface area contributed by atoms with E-state index in [1.165, 1.54) is 30.0 Å². The number of nitrogens with one attached hydrogen (secondary N) is 1. The summed E-state index contributed by atoms with van der Waals surface area (Å²) in [6, 6.07) is 20.1. The van der Waals surface area contributed by atoms with Gasteiger partial charge in [0.25, 0.3) is 0 Å². The largest absolute Gasteiger partial charge is 0.465 e. The van der Waals surface area contributed by atoms with Crippen LogP contribution in [-0.2, 0) is 21.2 Å². The molecule has 3 aromatic rings. The van der Waals surface area contributed by atoms with Crippen LogP contribution in [0.15, 0.2) is 88.4 Å². The van der Waals surface area contributed by atoms with Crippen LogP contribution in [0.25, 0.3) is 6.08 Å². The third kappa shape index (κ3) is 5.55. The molecule has 0 saturated carbocycles. The molecule has 1 aliphatic rings. The Kier molecular flexibility index (Phi) is 6.87. The van der Waals surface area contributed by atoms with Gasteiger partial charge in [-0.05, 0) is 73.2 Å². The molecule has 0 spiro atoms. The first-order valence-corrected chi connectivity index (χ1v) is 12.1. The zero-order valence-corrected chi connectivity index (χ0v) is 18.5. The summed E-state index contributed by atoms with van der Waals surface area (Å²) in [7, 11) is -3.55. The number of furan rings is 1. The van der Waals surface area contributed by atoms with Gasteiger partial charge in [0.15, 0.2) is 0 Å². The lowest BCUT2D eigenvalue weighted by atomic mass is 9.91. The van der Waals surface area contributed by atoms with E-state index in [1.54, 1.807) is 34.6 Å². The molecule has 32 heavy (non-hydrogen) atoms. The fourth-order valence-corrected chi connectivity index (χ4v) is 5.36. The number of benzene rings is 2. The molecule has 7 heteroatoms. The summed E-state index contributed by atoms with van der Waals surface area (Å²) in [6.07, 6.45) is 7.15. The average molecular weight is 451 g/mol. The Bertz CT molecular complexity index is 1150. The molecule has 1 fully saturated rings. The second kappa shape index (κ2) is 9.97. The molecule has 4 rings (SSSR count). The van der Waals surface area contributed by atoms with Crippen LogP contribution in [0.3, 0.4) is 0 Å². The van der Waals surface area contributed by atoms with E-state index in [2.05, 4.69) is 17.4 Å². The lowest BCUT2D eigenvalue weighted by Crippen LogP contribution is -2.38. The number of piperidine rings is 1. The Balaban J connectivity index is 1.32. The standard InChI is InChI=1S/C25H26N2O4S/c28-25(13-10-23-7-4-18-31-23)26-22-8-11-24(12-9-22)32(29,30)27-16-14-21(15-17-27)19-20-5-2-1-3-6-20/h1-13,18,21H,14-17,19H2,(H,26,28). The third-order valence-corrected chi connectivity index (χ3v) is 7.56. The van der Waals surface area contributed by atoms with Crippen LogP contribution >= 0.6 is 0 Å². The van der Waals surface area contributed by atoms with Crippen molar-refractivity contribution < 1.29 is 17.6 Å². The minimum Gasteiger partial charge on any atom is -0.465 e. The van der Waals surface area contributed by atoms with Crippen LogP contribution in [0.5, 0.6) is 0 Å². The van der Waals surface area contributed by atoms with Gasteiger partial charge < -0.3 is 9.73 Å². The Labute approximate surface area is 188 Å². The van der Waals surface area contributed by atoms with E-state index in [9.17, 15) is 13.2 Å². The Morgan fingerprint density at radius 2 is 1.72 bits per heavy atom. The number of carbonyl (C=O) groups excluding carboxylic acids is 1. The molecular formula is C25H26N2O4S. The molecule has 1 aliphatic heterocycles. The van der Waals surface area contributed by atoms with Gasteiger partial charge in [-0.25, -0.2) is 8.42 Å². The van der Waals surface area contributed by atoms with E-state index in [-0.39, 0.29) is 10.8 Å². The van der Waals surface area contributed by atoms with Gasteiger partial charge >= 0.3 is 0 Å². The molecule has 0 unspecified atom stereocenters. The lowest BCUT2D eigenvalue weighted by molar-refractivity contribution is -0.111. The zero-order chi connectivity index (χ0) is 22.4. The summed E-state index contributed by atoms with van der Waals surface area (Å²) in [4.78, 5) is 12.3. The van der Waals surface area contributed by atoms with Crippen molar-refractivity contribution >= 4 is 27.7 Å². The number of amides is 1. The van der Waals surface area contributed by atoms with Gasteiger partial charge in [-0.1, -0.05) is 30.3 Å². The van der Waals surface area contributed by atoms with Gasteiger partial charge in [0.1, 0.15) is 5.76 Å². The number of sulfonamides is 1. The number of rotatable bonds is 7. The molecule has 1 amide bonds. The second-order valence-corrected chi connectivity index (χ2v) is 9.84. The van der Waals surface area contributed by atoms with Crippen molar-refractivity contribution in [1.82, 2.24) is 4.31 Å². The van der Waals surface area contributed by atoms with Crippen LogP contribution in [0.4, 0.5) is 5.69 Å². The van der Waals surface area contributed by atoms with E-state index in [4.69, 9.17) is 4.42 Å². The molecule has 0 atom stereocenters. The molecule has 0 bridgehead atoms. The number of hydrogen-bond acceptors (Lipinski definition) is 4. The SMILES string of the molecule is O=C(C=Cc1ccco1)Nc1ccc(S(=O)(=O)N2CCC(Cc3ccccc3)CC2)cc1. The summed E-state index contributed by atoms with van der Waals surface area (Å²) in [6.45, 7) is 1.05. The van der Waals surface area contributed by atoms with Crippen molar-refractivity contribution in [2.24, 2.45) is 5.92 Å². The van der Waals surface area contributed by atoms with E-state index < -0.39 is 10.0 Å². The van der Waals surface area contributed by atoms with Gasteiger partial charge in [0.05, 0.1) is 11.2 Å².